The zero-order chi connectivity index (χ0) is 12.8. The molecule has 1 N–H and O–H groups in total. The van der Waals surface area contributed by atoms with E-state index >= 15 is 0 Å². The summed E-state index contributed by atoms with van der Waals surface area (Å²) in [6.07, 6.45) is 4.00. The number of rotatable bonds is 3. The second-order valence-electron chi connectivity index (χ2n) is 4.94. The molecular formula is C15H20NO2Y-. The van der Waals surface area contributed by atoms with Crippen LogP contribution < -0.4 is 5.32 Å². The summed E-state index contributed by atoms with van der Waals surface area (Å²) in [6.45, 7) is 2.52. The Labute approximate surface area is 140 Å². The molecule has 0 unspecified atom stereocenters. The van der Waals surface area contributed by atoms with Crippen LogP contribution >= 0.6 is 0 Å². The first-order chi connectivity index (χ1) is 8.74. The van der Waals surface area contributed by atoms with Crippen molar-refractivity contribution in [1.29, 1.82) is 0 Å². The van der Waals surface area contributed by atoms with Gasteiger partial charge in [0.25, 0.3) is 0 Å². The molecule has 0 aliphatic heterocycles. The van der Waals surface area contributed by atoms with Crippen LogP contribution in [0.5, 0.6) is 0 Å². The van der Waals surface area contributed by atoms with Crippen LogP contribution in [0.4, 0.5) is 4.79 Å². The van der Waals surface area contributed by atoms with E-state index in [1.165, 1.54) is 5.92 Å². The second-order valence-corrected chi connectivity index (χ2v) is 4.94. The SMILES string of the molecule is C[C-]1CCC(NC(=O)OCc2ccccc2)CC1.[Y]. The molecule has 1 saturated carbocycles. The summed E-state index contributed by atoms with van der Waals surface area (Å²) in [5, 5.41) is 2.94. The fourth-order valence-electron chi connectivity index (χ4n) is 2.19. The molecule has 1 aromatic rings. The largest absolute Gasteiger partial charge is 0.445 e. The minimum atomic E-state index is -0.302. The third-order valence-corrected chi connectivity index (χ3v) is 3.37. The van der Waals surface area contributed by atoms with Gasteiger partial charge in [0.2, 0.25) is 0 Å². The van der Waals surface area contributed by atoms with Gasteiger partial charge in [-0.3, -0.25) is 0 Å². The van der Waals surface area contributed by atoms with Crippen LogP contribution in [0.25, 0.3) is 0 Å². The molecule has 0 spiro atoms. The van der Waals surface area contributed by atoms with Gasteiger partial charge in [-0.2, -0.15) is 19.8 Å². The molecule has 4 heteroatoms. The minimum absolute atomic E-state index is 0. The summed E-state index contributed by atoms with van der Waals surface area (Å²) in [6, 6.07) is 10.0. The van der Waals surface area contributed by atoms with E-state index in [-0.39, 0.29) is 44.8 Å². The normalized spacial score (nSPS) is 16.5. The maximum absolute atomic E-state index is 11.6. The van der Waals surface area contributed by atoms with Crippen molar-refractivity contribution in [2.75, 3.05) is 0 Å². The van der Waals surface area contributed by atoms with Gasteiger partial charge in [0.05, 0.1) is 0 Å². The Bertz CT molecular complexity index is 375. The van der Waals surface area contributed by atoms with Crippen molar-refractivity contribution in [2.45, 2.75) is 45.3 Å². The van der Waals surface area contributed by atoms with E-state index in [0.717, 1.165) is 31.2 Å². The summed E-state index contributed by atoms with van der Waals surface area (Å²) < 4.78 is 5.20. The molecular weight excluding hydrogens is 315 g/mol. The Morgan fingerprint density at radius 3 is 2.58 bits per heavy atom. The Hall–Kier alpha value is -0.406. The zero-order valence-electron chi connectivity index (χ0n) is 11.4. The van der Waals surface area contributed by atoms with Crippen molar-refractivity contribution >= 4 is 6.09 Å². The molecule has 1 aliphatic rings. The third kappa shape index (κ3) is 6.05. The van der Waals surface area contributed by atoms with Crippen molar-refractivity contribution in [3.8, 4) is 0 Å². The number of carbonyl (C=O) groups excluding carboxylic acids is 1. The van der Waals surface area contributed by atoms with Crippen LogP contribution in [-0.2, 0) is 44.1 Å². The maximum atomic E-state index is 11.6. The van der Waals surface area contributed by atoms with Gasteiger partial charge in [-0.15, -0.1) is 0 Å². The van der Waals surface area contributed by atoms with E-state index in [1.807, 2.05) is 30.3 Å². The first-order valence-electron chi connectivity index (χ1n) is 6.52. The van der Waals surface area contributed by atoms with Crippen molar-refractivity contribution in [1.82, 2.24) is 5.32 Å². The molecule has 0 saturated heterocycles. The minimum Gasteiger partial charge on any atom is -0.445 e. The van der Waals surface area contributed by atoms with Gasteiger partial charge in [-0.05, 0) is 5.56 Å². The average Bonchev–Trinajstić information content (AvgIpc) is 2.40. The van der Waals surface area contributed by atoms with E-state index in [1.54, 1.807) is 0 Å². The average molecular weight is 335 g/mol. The van der Waals surface area contributed by atoms with Crippen LogP contribution in [0.3, 0.4) is 0 Å². The number of amides is 1. The second kappa shape index (κ2) is 8.70. The molecule has 2 rings (SSSR count). The molecule has 0 bridgehead atoms. The molecule has 0 aromatic heterocycles. The van der Waals surface area contributed by atoms with Crippen molar-refractivity contribution in [3.05, 3.63) is 41.8 Å². The molecule has 1 radical (unpaired) electrons. The fraction of sp³-hybridized carbons (Fsp3) is 0.467. The van der Waals surface area contributed by atoms with E-state index in [2.05, 4.69) is 12.2 Å². The Balaban J connectivity index is 0.00000180. The molecule has 1 amide bonds. The fourth-order valence-corrected chi connectivity index (χ4v) is 2.19. The molecule has 1 fully saturated rings. The van der Waals surface area contributed by atoms with E-state index in [0.29, 0.717) is 6.61 Å². The topological polar surface area (TPSA) is 38.3 Å². The number of hydrogen-bond acceptors (Lipinski definition) is 2. The number of nitrogens with one attached hydrogen (secondary N) is 1. The van der Waals surface area contributed by atoms with Gasteiger partial charge >= 0.3 is 6.09 Å². The van der Waals surface area contributed by atoms with Crippen LogP contribution in [0, 0.1) is 5.92 Å². The van der Waals surface area contributed by atoms with Crippen molar-refractivity contribution in [3.63, 3.8) is 0 Å². The molecule has 0 heterocycles. The first-order valence-corrected chi connectivity index (χ1v) is 6.52. The summed E-state index contributed by atoms with van der Waals surface area (Å²) in [5.41, 5.74) is 1.01. The number of alkyl carbamates (subject to hydrolysis) is 1. The van der Waals surface area contributed by atoms with Crippen LogP contribution in [0.2, 0.25) is 0 Å². The van der Waals surface area contributed by atoms with E-state index in [9.17, 15) is 4.79 Å². The summed E-state index contributed by atoms with van der Waals surface area (Å²) in [5.74, 6) is 1.53. The van der Waals surface area contributed by atoms with E-state index < -0.39 is 0 Å². The van der Waals surface area contributed by atoms with Gasteiger partial charge < -0.3 is 16.0 Å². The first kappa shape index (κ1) is 16.6. The van der Waals surface area contributed by atoms with Crippen LogP contribution in [0.15, 0.2) is 30.3 Å². The Kier molecular flexibility index (Phi) is 7.63. The molecule has 1 aromatic carbocycles. The van der Waals surface area contributed by atoms with Gasteiger partial charge in [0.15, 0.2) is 0 Å². The number of hydrogen-bond donors (Lipinski definition) is 1. The molecule has 0 atom stereocenters. The zero-order valence-corrected chi connectivity index (χ0v) is 14.2. The van der Waals surface area contributed by atoms with Crippen LogP contribution in [-0.4, -0.2) is 12.1 Å². The number of ether oxygens (including phenoxy) is 1. The quantitative estimate of drug-likeness (QED) is 0.860. The summed E-state index contributed by atoms with van der Waals surface area (Å²) in [4.78, 5) is 11.6. The third-order valence-electron chi connectivity index (χ3n) is 3.37. The predicted molar refractivity (Wildman–Crippen MR) is 70.9 cm³/mol. The maximum Gasteiger partial charge on any atom is 0.407 e. The molecule has 1 aliphatic carbocycles. The molecule has 3 nitrogen and oxygen atoms in total. The Morgan fingerprint density at radius 2 is 1.95 bits per heavy atom. The van der Waals surface area contributed by atoms with Crippen molar-refractivity contribution < 1.29 is 42.2 Å². The van der Waals surface area contributed by atoms with Gasteiger partial charge in [-0.25, -0.2) is 4.79 Å². The van der Waals surface area contributed by atoms with Gasteiger partial charge in [0, 0.05) is 38.8 Å². The number of benzene rings is 1. The summed E-state index contributed by atoms with van der Waals surface area (Å²) in [7, 11) is 0. The standard InChI is InChI=1S/C15H20NO2.Y/c1-12-7-9-14(10-8-12)16-15(17)18-11-13-5-3-2-4-6-13;/h2-6,14H,7-11H2,1H3,(H,16,17);/q-1;. The molecule has 19 heavy (non-hydrogen) atoms. The monoisotopic (exact) mass is 335 g/mol. The summed E-state index contributed by atoms with van der Waals surface area (Å²) >= 11 is 0. The predicted octanol–water partition coefficient (Wildman–Crippen LogP) is 3.45. The van der Waals surface area contributed by atoms with Gasteiger partial charge in [0.1, 0.15) is 6.61 Å². The van der Waals surface area contributed by atoms with E-state index in [4.69, 9.17) is 4.74 Å². The van der Waals surface area contributed by atoms with Crippen LogP contribution in [0.1, 0.15) is 38.2 Å². The van der Waals surface area contributed by atoms with Gasteiger partial charge in [-0.1, -0.05) is 43.2 Å². The smallest absolute Gasteiger partial charge is 0.407 e. The van der Waals surface area contributed by atoms with Crippen molar-refractivity contribution in [2.24, 2.45) is 0 Å². The molecule has 101 valence electrons. The number of carbonyl (C=O) groups is 1. The Morgan fingerprint density at radius 1 is 1.32 bits per heavy atom.